The Morgan fingerprint density at radius 2 is 1.76 bits per heavy atom. The van der Waals surface area contributed by atoms with Crippen LogP contribution in [0.15, 0.2) is 53.5 Å². The Labute approximate surface area is 213 Å². The summed E-state index contributed by atoms with van der Waals surface area (Å²) in [6.07, 6.45) is 2.16. The van der Waals surface area contributed by atoms with E-state index < -0.39 is 0 Å². The van der Waals surface area contributed by atoms with Gasteiger partial charge in [0.05, 0.1) is 18.9 Å². The van der Waals surface area contributed by atoms with Crippen molar-refractivity contribution in [2.75, 3.05) is 51.3 Å². The summed E-state index contributed by atoms with van der Waals surface area (Å²) in [6.45, 7) is 6.44. The fourth-order valence-corrected chi connectivity index (χ4v) is 4.37. The normalized spacial score (nSPS) is 18.0. The number of morpholine rings is 1. The molecular formula is C25H35FIN5O. The topological polar surface area (TPSA) is 52.1 Å². The van der Waals surface area contributed by atoms with E-state index >= 15 is 0 Å². The highest BCUT2D eigenvalue weighted by Gasteiger charge is 2.20. The third-order valence-electron chi connectivity index (χ3n) is 6.22. The Kier molecular flexibility index (Phi) is 10.2. The van der Waals surface area contributed by atoms with Gasteiger partial charge in [0.15, 0.2) is 5.96 Å². The van der Waals surface area contributed by atoms with Crippen molar-refractivity contribution in [1.29, 1.82) is 0 Å². The summed E-state index contributed by atoms with van der Waals surface area (Å²) in [5.74, 6) is 0.587. The molecule has 0 unspecified atom stereocenters. The highest BCUT2D eigenvalue weighted by atomic mass is 127. The largest absolute Gasteiger partial charge is 0.378 e. The number of anilines is 1. The van der Waals surface area contributed by atoms with Crippen molar-refractivity contribution >= 4 is 35.6 Å². The van der Waals surface area contributed by atoms with Crippen LogP contribution in [-0.2, 0) is 17.8 Å². The van der Waals surface area contributed by atoms with Gasteiger partial charge in [-0.15, -0.1) is 24.0 Å². The first-order chi connectivity index (χ1) is 15.7. The minimum Gasteiger partial charge on any atom is -0.378 e. The van der Waals surface area contributed by atoms with E-state index in [2.05, 4.69) is 50.9 Å². The van der Waals surface area contributed by atoms with Gasteiger partial charge in [0, 0.05) is 52.4 Å². The predicted molar refractivity (Wildman–Crippen MR) is 143 cm³/mol. The van der Waals surface area contributed by atoms with Gasteiger partial charge in [-0.2, -0.15) is 0 Å². The average molecular weight is 567 g/mol. The van der Waals surface area contributed by atoms with E-state index in [-0.39, 0.29) is 29.8 Å². The number of piperidine rings is 1. The monoisotopic (exact) mass is 567 g/mol. The molecule has 0 spiro atoms. The van der Waals surface area contributed by atoms with Crippen molar-refractivity contribution in [3.63, 3.8) is 0 Å². The van der Waals surface area contributed by atoms with Gasteiger partial charge < -0.3 is 20.3 Å². The molecule has 180 valence electrons. The van der Waals surface area contributed by atoms with E-state index in [0.717, 1.165) is 57.1 Å². The second-order valence-electron chi connectivity index (χ2n) is 8.49. The molecule has 0 aromatic heterocycles. The Morgan fingerprint density at radius 3 is 2.42 bits per heavy atom. The number of nitrogens with zero attached hydrogens (tertiary/aromatic N) is 3. The van der Waals surface area contributed by atoms with Crippen LogP contribution in [0.5, 0.6) is 0 Å². The third-order valence-corrected chi connectivity index (χ3v) is 6.22. The van der Waals surface area contributed by atoms with Crippen LogP contribution in [0.25, 0.3) is 0 Å². The maximum atomic E-state index is 14.6. The van der Waals surface area contributed by atoms with Gasteiger partial charge in [0.2, 0.25) is 0 Å². The van der Waals surface area contributed by atoms with E-state index in [1.54, 1.807) is 13.1 Å². The molecule has 4 rings (SSSR count). The summed E-state index contributed by atoms with van der Waals surface area (Å²) in [5.41, 5.74) is 2.92. The lowest BCUT2D eigenvalue weighted by molar-refractivity contribution is 0.122. The zero-order valence-electron chi connectivity index (χ0n) is 19.3. The summed E-state index contributed by atoms with van der Waals surface area (Å²) in [5, 5.41) is 6.87. The van der Waals surface area contributed by atoms with Crippen LogP contribution in [0.2, 0.25) is 0 Å². The van der Waals surface area contributed by atoms with E-state index in [9.17, 15) is 4.39 Å². The van der Waals surface area contributed by atoms with E-state index in [1.165, 1.54) is 5.56 Å². The summed E-state index contributed by atoms with van der Waals surface area (Å²) in [6, 6.07) is 16.5. The number of hydrogen-bond donors (Lipinski definition) is 2. The van der Waals surface area contributed by atoms with Crippen LogP contribution in [-0.4, -0.2) is 63.3 Å². The molecule has 2 heterocycles. The summed E-state index contributed by atoms with van der Waals surface area (Å²) in [7, 11) is 1.78. The van der Waals surface area contributed by atoms with Crippen molar-refractivity contribution in [1.82, 2.24) is 15.5 Å². The van der Waals surface area contributed by atoms with Crippen LogP contribution in [0.4, 0.5) is 10.1 Å². The number of aliphatic imine (C=N–C) groups is 1. The molecule has 8 heteroatoms. The maximum absolute atomic E-state index is 14.6. The van der Waals surface area contributed by atoms with Crippen LogP contribution < -0.4 is 15.5 Å². The molecule has 2 aliphatic rings. The fraction of sp³-hybridized carbons (Fsp3) is 0.480. The average Bonchev–Trinajstić information content (AvgIpc) is 2.84. The summed E-state index contributed by atoms with van der Waals surface area (Å²) >= 11 is 0. The van der Waals surface area contributed by atoms with Crippen molar-refractivity contribution in [3.8, 4) is 0 Å². The van der Waals surface area contributed by atoms with Gasteiger partial charge in [0.1, 0.15) is 5.82 Å². The van der Waals surface area contributed by atoms with Gasteiger partial charge in [-0.1, -0.05) is 36.4 Å². The lowest BCUT2D eigenvalue weighted by atomic mass is 10.0. The van der Waals surface area contributed by atoms with Gasteiger partial charge >= 0.3 is 0 Å². The molecule has 0 radical (unpaired) electrons. The molecular weight excluding hydrogens is 532 g/mol. The third kappa shape index (κ3) is 7.55. The standard InChI is InChI=1S/C25H34FN5O.HI/c1-27-25(29-22-9-11-30(12-10-22)19-20-5-3-2-4-6-20)28-18-21-7-8-24(23(26)17-21)31-13-15-32-16-14-31;/h2-8,17,22H,9-16,18-19H2,1H3,(H2,27,28,29);1H. The van der Waals surface area contributed by atoms with E-state index in [1.807, 2.05) is 17.0 Å². The second-order valence-corrected chi connectivity index (χ2v) is 8.49. The van der Waals surface area contributed by atoms with Crippen molar-refractivity contribution in [3.05, 3.63) is 65.5 Å². The number of hydrogen-bond acceptors (Lipinski definition) is 4. The zero-order valence-corrected chi connectivity index (χ0v) is 21.6. The molecule has 2 aromatic carbocycles. The first-order valence-corrected chi connectivity index (χ1v) is 11.6. The highest BCUT2D eigenvalue weighted by molar-refractivity contribution is 14.0. The summed E-state index contributed by atoms with van der Waals surface area (Å²) in [4.78, 5) is 8.91. The molecule has 0 atom stereocenters. The van der Waals surface area contributed by atoms with Crippen LogP contribution in [0.1, 0.15) is 24.0 Å². The minimum absolute atomic E-state index is 0. The van der Waals surface area contributed by atoms with Crippen LogP contribution >= 0.6 is 24.0 Å². The van der Waals surface area contributed by atoms with Gasteiger partial charge in [0.25, 0.3) is 0 Å². The number of benzene rings is 2. The van der Waals surface area contributed by atoms with Crippen molar-refractivity contribution in [2.24, 2.45) is 4.99 Å². The molecule has 2 aliphatic heterocycles. The Bertz CT molecular complexity index is 884. The Hall–Kier alpha value is -1.91. The second kappa shape index (κ2) is 13.1. The Morgan fingerprint density at radius 1 is 1.03 bits per heavy atom. The number of ether oxygens (including phenoxy) is 1. The molecule has 0 aliphatic carbocycles. The smallest absolute Gasteiger partial charge is 0.191 e. The Balaban J connectivity index is 0.00000306. The quantitative estimate of drug-likeness (QED) is 0.318. The lowest BCUT2D eigenvalue weighted by Crippen LogP contribution is -2.48. The van der Waals surface area contributed by atoms with Crippen molar-refractivity contribution in [2.45, 2.75) is 32.0 Å². The van der Waals surface area contributed by atoms with E-state index in [4.69, 9.17) is 4.74 Å². The highest BCUT2D eigenvalue weighted by Crippen LogP contribution is 2.21. The first-order valence-electron chi connectivity index (χ1n) is 11.6. The predicted octanol–water partition coefficient (Wildman–Crippen LogP) is 3.61. The molecule has 2 saturated heterocycles. The number of likely N-dealkylation sites (tertiary alicyclic amines) is 1. The zero-order chi connectivity index (χ0) is 22.2. The molecule has 0 bridgehead atoms. The number of rotatable bonds is 6. The molecule has 0 saturated carbocycles. The molecule has 6 nitrogen and oxygen atoms in total. The molecule has 2 fully saturated rings. The lowest BCUT2D eigenvalue weighted by Gasteiger charge is -2.33. The van der Waals surface area contributed by atoms with Gasteiger partial charge in [-0.05, 0) is 36.1 Å². The van der Waals surface area contributed by atoms with Crippen molar-refractivity contribution < 1.29 is 9.13 Å². The fourth-order valence-electron chi connectivity index (χ4n) is 4.37. The van der Waals surface area contributed by atoms with Gasteiger partial charge in [-0.25, -0.2) is 4.39 Å². The maximum Gasteiger partial charge on any atom is 0.191 e. The minimum atomic E-state index is -0.181. The number of nitrogens with one attached hydrogen (secondary N) is 2. The first kappa shape index (κ1) is 25.7. The summed E-state index contributed by atoms with van der Waals surface area (Å²) < 4.78 is 20.0. The number of halogens is 2. The van der Waals surface area contributed by atoms with E-state index in [0.29, 0.717) is 31.5 Å². The number of guanidine groups is 1. The van der Waals surface area contributed by atoms with Gasteiger partial charge in [-0.3, -0.25) is 9.89 Å². The molecule has 2 N–H and O–H groups in total. The van der Waals surface area contributed by atoms with Crippen LogP contribution in [0, 0.1) is 5.82 Å². The molecule has 2 aromatic rings. The SMILES string of the molecule is CN=C(NCc1ccc(N2CCOCC2)c(F)c1)NC1CCN(Cc2ccccc2)CC1.I. The van der Waals surface area contributed by atoms with Crippen LogP contribution in [0.3, 0.4) is 0 Å². The molecule has 0 amide bonds. The molecule has 33 heavy (non-hydrogen) atoms.